The summed E-state index contributed by atoms with van der Waals surface area (Å²) in [5, 5.41) is 0.996. The third-order valence-corrected chi connectivity index (χ3v) is 6.79. The maximum Gasteiger partial charge on any atom is 0.229 e. The lowest BCUT2D eigenvalue weighted by molar-refractivity contribution is 0.0274. The van der Waals surface area contributed by atoms with Gasteiger partial charge in [0, 0.05) is 38.0 Å². The molecule has 0 aliphatic carbocycles. The molecule has 194 valence electrons. The van der Waals surface area contributed by atoms with E-state index in [1.165, 1.54) is 6.07 Å². The minimum absolute atomic E-state index is 0.259. The molecule has 0 saturated carbocycles. The van der Waals surface area contributed by atoms with Gasteiger partial charge in [-0.1, -0.05) is 47.5 Å². The highest BCUT2D eigenvalue weighted by Gasteiger charge is 2.17. The fourth-order valence-electron chi connectivity index (χ4n) is 3.59. The van der Waals surface area contributed by atoms with E-state index in [0.29, 0.717) is 53.1 Å². The standard InChI is InChI=1S/C26H29Cl2FN2O4S/c1-34-23(18-35-22-10-8-21(9-11-22)30-36(2,32)33)17-31(16-20-5-3-4-6-26(20)29)14-13-19-7-12-24(27)25(28)15-19/h3-12,15,23,30H,13-14,16-18H2,1-2H3. The van der Waals surface area contributed by atoms with Gasteiger partial charge in [-0.25, -0.2) is 12.8 Å². The highest BCUT2D eigenvalue weighted by Crippen LogP contribution is 2.23. The van der Waals surface area contributed by atoms with Crippen molar-refractivity contribution in [3.05, 3.63) is 93.7 Å². The number of nitrogens with one attached hydrogen (secondary N) is 1. The maximum atomic E-state index is 14.4. The van der Waals surface area contributed by atoms with Gasteiger partial charge in [0.25, 0.3) is 0 Å². The molecule has 0 saturated heterocycles. The summed E-state index contributed by atoms with van der Waals surface area (Å²) in [6.45, 7) is 1.80. The molecule has 10 heteroatoms. The number of benzene rings is 3. The van der Waals surface area contributed by atoms with E-state index < -0.39 is 10.0 Å². The quantitative estimate of drug-likeness (QED) is 0.296. The van der Waals surface area contributed by atoms with E-state index in [9.17, 15) is 12.8 Å². The molecule has 3 aromatic rings. The Hall–Kier alpha value is -2.36. The van der Waals surface area contributed by atoms with Crippen molar-refractivity contribution in [3.63, 3.8) is 0 Å². The Balaban J connectivity index is 1.65. The topological polar surface area (TPSA) is 67.9 Å². The number of halogens is 3. The lowest BCUT2D eigenvalue weighted by Crippen LogP contribution is -2.38. The van der Waals surface area contributed by atoms with Gasteiger partial charge in [0.2, 0.25) is 10.0 Å². The van der Waals surface area contributed by atoms with E-state index in [1.807, 2.05) is 18.2 Å². The summed E-state index contributed by atoms with van der Waals surface area (Å²) in [6.07, 6.45) is 1.49. The number of rotatable bonds is 13. The molecule has 1 N–H and O–H groups in total. The Labute approximate surface area is 222 Å². The molecule has 0 aliphatic rings. The summed E-state index contributed by atoms with van der Waals surface area (Å²) < 4.78 is 51.1. The molecule has 1 atom stereocenters. The van der Waals surface area contributed by atoms with Crippen LogP contribution in [0.1, 0.15) is 11.1 Å². The largest absolute Gasteiger partial charge is 0.491 e. The molecule has 0 heterocycles. The molecule has 0 amide bonds. The molecule has 0 aromatic heterocycles. The number of hydrogen-bond acceptors (Lipinski definition) is 5. The number of methoxy groups -OCH3 is 1. The zero-order chi connectivity index (χ0) is 26.1. The van der Waals surface area contributed by atoms with Crippen molar-refractivity contribution in [2.75, 3.05) is 37.8 Å². The van der Waals surface area contributed by atoms with Gasteiger partial charge in [0.05, 0.1) is 16.3 Å². The van der Waals surface area contributed by atoms with Gasteiger partial charge in [-0.15, -0.1) is 0 Å². The summed E-state index contributed by atoms with van der Waals surface area (Å²) in [5.74, 6) is 0.317. The predicted molar refractivity (Wildman–Crippen MR) is 143 cm³/mol. The van der Waals surface area contributed by atoms with Crippen molar-refractivity contribution in [1.82, 2.24) is 4.90 Å². The second-order valence-electron chi connectivity index (χ2n) is 8.39. The van der Waals surface area contributed by atoms with Gasteiger partial charge in [-0.3, -0.25) is 9.62 Å². The first kappa shape index (κ1) is 28.2. The van der Waals surface area contributed by atoms with E-state index in [2.05, 4.69) is 9.62 Å². The first-order valence-corrected chi connectivity index (χ1v) is 13.9. The Bertz CT molecular complexity index is 1240. The average molecular weight is 555 g/mol. The van der Waals surface area contributed by atoms with Gasteiger partial charge in [0.15, 0.2) is 0 Å². The Kier molecular flexibility index (Phi) is 10.4. The van der Waals surface area contributed by atoms with Crippen LogP contribution in [-0.4, -0.2) is 52.5 Å². The van der Waals surface area contributed by atoms with Crippen molar-refractivity contribution >= 4 is 38.9 Å². The lowest BCUT2D eigenvalue weighted by atomic mass is 10.1. The van der Waals surface area contributed by atoms with E-state index in [4.69, 9.17) is 32.7 Å². The highest BCUT2D eigenvalue weighted by atomic mass is 35.5. The van der Waals surface area contributed by atoms with Crippen LogP contribution >= 0.6 is 23.2 Å². The molecule has 0 spiro atoms. The number of hydrogen-bond donors (Lipinski definition) is 1. The number of sulfonamides is 1. The maximum absolute atomic E-state index is 14.4. The molecule has 0 radical (unpaired) electrons. The molecule has 0 bridgehead atoms. The molecule has 3 rings (SSSR count). The van der Waals surface area contributed by atoms with Crippen molar-refractivity contribution < 1.29 is 22.3 Å². The molecular weight excluding hydrogens is 526 g/mol. The van der Waals surface area contributed by atoms with Crippen molar-refractivity contribution in [2.45, 2.75) is 19.1 Å². The van der Waals surface area contributed by atoms with Crippen LogP contribution in [0, 0.1) is 5.82 Å². The first-order chi connectivity index (χ1) is 17.1. The van der Waals surface area contributed by atoms with Gasteiger partial charge in [0.1, 0.15) is 24.3 Å². The number of nitrogens with zero attached hydrogens (tertiary/aromatic N) is 1. The second-order valence-corrected chi connectivity index (χ2v) is 11.0. The van der Waals surface area contributed by atoms with Crippen molar-refractivity contribution in [2.24, 2.45) is 0 Å². The van der Waals surface area contributed by atoms with Crippen LogP contribution < -0.4 is 9.46 Å². The minimum Gasteiger partial charge on any atom is -0.491 e. The van der Waals surface area contributed by atoms with Crippen LogP contribution in [0.2, 0.25) is 10.0 Å². The van der Waals surface area contributed by atoms with E-state index in [0.717, 1.165) is 11.8 Å². The zero-order valence-electron chi connectivity index (χ0n) is 20.1. The monoisotopic (exact) mass is 554 g/mol. The van der Waals surface area contributed by atoms with Gasteiger partial charge < -0.3 is 9.47 Å². The number of anilines is 1. The van der Waals surface area contributed by atoms with Crippen LogP contribution in [-0.2, 0) is 27.7 Å². The Morgan fingerprint density at radius 3 is 2.39 bits per heavy atom. The van der Waals surface area contributed by atoms with Gasteiger partial charge >= 0.3 is 0 Å². The van der Waals surface area contributed by atoms with Crippen LogP contribution in [0.4, 0.5) is 10.1 Å². The minimum atomic E-state index is -3.35. The third-order valence-electron chi connectivity index (χ3n) is 5.44. The molecular formula is C26H29Cl2FN2O4S. The summed E-state index contributed by atoms with van der Waals surface area (Å²) in [4.78, 5) is 2.11. The molecule has 6 nitrogen and oxygen atoms in total. The van der Waals surface area contributed by atoms with Crippen molar-refractivity contribution in [1.29, 1.82) is 0 Å². The van der Waals surface area contributed by atoms with E-state index in [-0.39, 0.29) is 18.5 Å². The van der Waals surface area contributed by atoms with Gasteiger partial charge in [-0.05, 0) is 54.4 Å². The lowest BCUT2D eigenvalue weighted by Gasteiger charge is -2.27. The predicted octanol–water partition coefficient (Wildman–Crippen LogP) is 5.64. The third kappa shape index (κ3) is 9.26. The first-order valence-electron chi connectivity index (χ1n) is 11.3. The SMILES string of the molecule is COC(COc1ccc(NS(C)(=O)=O)cc1)CN(CCc1ccc(Cl)c(Cl)c1)Cc1ccccc1F. The summed E-state index contributed by atoms with van der Waals surface area (Å²) in [5.41, 5.74) is 2.07. The molecule has 0 aliphatic heterocycles. The Morgan fingerprint density at radius 2 is 1.75 bits per heavy atom. The Morgan fingerprint density at radius 1 is 1.03 bits per heavy atom. The molecule has 3 aromatic carbocycles. The highest BCUT2D eigenvalue weighted by molar-refractivity contribution is 7.92. The van der Waals surface area contributed by atoms with Crippen LogP contribution in [0.3, 0.4) is 0 Å². The summed E-state index contributed by atoms with van der Waals surface area (Å²) in [6, 6.07) is 18.8. The molecule has 36 heavy (non-hydrogen) atoms. The summed E-state index contributed by atoms with van der Waals surface area (Å²) >= 11 is 12.2. The fraction of sp³-hybridized carbons (Fsp3) is 0.308. The van der Waals surface area contributed by atoms with Gasteiger partial charge in [-0.2, -0.15) is 0 Å². The van der Waals surface area contributed by atoms with Crippen LogP contribution in [0.5, 0.6) is 5.75 Å². The van der Waals surface area contributed by atoms with Crippen molar-refractivity contribution in [3.8, 4) is 5.75 Å². The number of ether oxygens (including phenoxy) is 2. The van der Waals surface area contributed by atoms with Crippen LogP contribution in [0.25, 0.3) is 0 Å². The second kappa shape index (κ2) is 13.3. The molecule has 0 fully saturated rings. The fourth-order valence-corrected chi connectivity index (χ4v) is 4.48. The van der Waals surface area contributed by atoms with Crippen LogP contribution in [0.15, 0.2) is 66.7 Å². The summed E-state index contributed by atoms with van der Waals surface area (Å²) in [7, 11) is -1.74. The zero-order valence-corrected chi connectivity index (χ0v) is 22.4. The van der Waals surface area contributed by atoms with E-state index >= 15 is 0 Å². The molecule has 1 unspecified atom stereocenters. The average Bonchev–Trinajstić information content (AvgIpc) is 2.83. The van der Waals surface area contributed by atoms with E-state index in [1.54, 1.807) is 49.6 Å². The smallest absolute Gasteiger partial charge is 0.229 e. The normalized spacial score (nSPS) is 12.5.